The lowest BCUT2D eigenvalue weighted by atomic mass is 10.0. The summed E-state index contributed by atoms with van der Waals surface area (Å²) in [4.78, 5) is 14.0. The normalized spacial score (nSPS) is 29.4. The largest absolute Gasteiger partial charge is 0.374 e. The van der Waals surface area contributed by atoms with Crippen LogP contribution in [0.4, 0.5) is 0 Å². The molecular weight excluding hydrogens is 468 g/mol. The van der Waals surface area contributed by atoms with Crippen molar-refractivity contribution in [2.45, 2.75) is 56.9 Å². The molecule has 3 saturated heterocycles. The van der Waals surface area contributed by atoms with Gasteiger partial charge in [-0.05, 0) is 37.2 Å². The number of hydrogen-bond acceptors (Lipinski definition) is 7. The first kappa shape index (κ1) is 24.3. The van der Waals surface area contributed by atoms with Gasteiger partial charge < -0.3 is 29.0 Å². The van der Waals surface area contributed by atoms with Gasteiger partial charge in [0, 0.05) is 0 Å². The van der Waals surface area contributed by atoms with Crippen LogP contribution in [0.1, 0.15) is 25.0 Å². The number of nitrogens with zero attached hydrogens (tertiary/aromatic N) is 1. The highest BCUT2D eigenvalue weighted by Crippen LogP contribution is 2.47. The minimum absolute atomic E-state index is 0.103. The third-order valence-corrected chi connectivity index (χ3v) is 6.64. The highest BCUT2D eigenvalue weighted by atomic mass is 32.1. The Morgan fingerprint density at radius 1 is 1.03 bits per heavy atom. The maximum atomic E-state index is 12.5. The molecule has 3 aliphatic rings. The number of thiocarbonyl (C=S) groups is 1. The Labute approximate surface area is 210 Å². The van der Waals surface area contributed by atoms with Crippen molar-refractivity contribution in [1.82, 2.24) is 10.2 Å². The summed E-state index contributed by atoms with van der Waals surface area (Å²) >= 11 is 5.35. The molecule has 9 heteroatoms. The van der Waals surface area contributed by atoms with Crippen molar-refractivity contribution >= 4 is 23.2 Å². The first-order valence-electron chi connectivity index (χ1n) is 11.8. The molecule has 0 saturated carbocycles. The van der Waals surface area contributed by atoms with Gasteiger partial charge in [-0.25, -0.2) is 0 Å². The van der Waals surface area contributed by atoms with E-state index in [0.29, 0.717) is 18.3 Å². The van der Waals surface area contributed by atoms with Crippen LogP contribution in [0.25, 0.3) is 0 Å². The highest BCUT2D eigenvalue weighted by Gasteiger charge is 2.66. The summed E-state index contributed by atoms with van der Waals surface area (Å²) in [5.41, 5.74) is 2.10. The van der Waals surface area contributed by atoms with Crippen LogP contribution in [-0.2, 0) is 41.7 Å². The van der Waals surface area contributed by atoms with E-state index in [1.54, 1.807) is 0 Å². The van der Waals surface area contributed by atoms with Gasteiger partial charge in [-0.3, -0.25) is 9.69 Å². The fourth-order valence-corrected chi connectivity index (χ4v) is 5.01. The van der Waals surface area contributed by atoms with Crippen molar-refractivity contribution in [3.05, 3.63) is 71.8 Å². The summed E-state index contributed by atoms with van der Waals surface area (Å²) < 4.78 is 31.6. The van der Waals surface area contributed by atoms with Crippen LogP contribution in [0.2, 0.25) is 0 Å². The number of benzene rings is 2. The van der Waals surface area contributed by atoms with Crippen molar-refractivity contribution in [2.75, 3.05) is 19.7 Å². The molecule has 0 aromatic heterocycles. The molecule has 0 spiro atoms. The van der Waals surface area contributed by atoms with Gasteiger partial charge in [0.05, 0.1) is 32.9 Å². The molecule has 3 aliphatic heterocycles. The second-order valence-electron chi connectivity index (χ2n) is 9.41. The molecule has 2 aromatic carbocycles. The standard InChI is InChI=1S/C26H30N2O6S/c1-25(2)33-23-22(31-15-19-11-7-4-8-12-19)20(16-30-14-18-9-5-3-6-10-18)32-26(23,34-25)17-28-21(29)13-27-24(28)35/h3-12,20,22-23H,13-17H2,1-2H3,(H,27,35)/t20-,22+,23-,26-/m0/s1. The molecule has 0 bridgehead atoms. The fourth-order valence-electron chi connectivity index (χ4n) is 4.77. The zero-order valence-electron chi connectivity index (χ0n) is 19.8. The van der Waals surface area contributed by atoms with Gasteiger partial charge in [0.25, 0.3) is 0 Å². The van der Waals surface area contributed by atoms with E-state index < -0.39 is 29.9 Å². The molecule has 4 atom stereocenters. The Morgan fingerprint density at radius 3 is 2.31 bits per heavy atom. The molecule has 3 fully saturated rings. The van der Waals surface area contributed by atoms with Gasteiger partial charge >= 0.3 is 0 Å². The van der Waals surface area contributed by atoms with Crippen molar-refractivity contribution in [1.29, 1.82) is 0 Å². The van der Waals surface area contributed by atoms with Crippen LogP contribution in [0.15, 0.2) is 60.7 Å². The van der Waals surface area contributed by atoms with Crippen molar-refractivity contribution < 1.29 is 28.5 Å². The lowest BCUT2D eigenvalue weighted by Gasteiger charge is -2.31. The molecule has 186 valence electrons. The SMILES string of the molecule is CC1(C)O[C@H]2[C@H](OCc3ccccc3)[C@H](COCc3ccccc3)O[C@@]2(CN2C(=O)CNC2=S)O1. The van der Waals surface area contributed by atoms with Crippen molar-refractivity contribution in [2.24, 2.45) is 0 Å². The Morgan fingerprint density at radius 2 is 1.69 bits per heavy atom. The predicted octanol–water partition coefficient (Wildman–Crippen LogP) is 2.75. The third kappa shape index (κ3) is 5.25. The summed E-state index contributed by atoms with van der Waals surface area (Å²) in [6.45, 7) is 5.00. The van der Waals surface area contributed by atoms with Crippen LogP contribution >= 0.6 is 12.2 Å². The van der Waals surface area contributed by atoms with Crippen LogP contribution < -0.4 is 5.32 Å². The average Bonchev–Trinajstić information content (AvgIpc) is 3.40. The summed E-state index contributed by atoms with van der Waals surface area (Å²) in [5, 5.41) is 3.26. The summed E-state index contributed by atoms with van der Waals surface area (Å²) in [6.07, 6.45) is -1.53. The first-order valence-corrected chi connectivity index (χ1v) is 12.2. The van der Waals surface area contributed by atoms with Gasteiger partial charge in [0.1, 0.15) is 18.3 Å². The molecule has 1 amide bonds. The third-order valence-electron chi connectivity index (χ3n) is 6.27. The van der Waals surface area contributed by atoms with Gasteiger partial charge in [0.15, 0.2) is 10.9 Å². The number of hydrogen-bond donors (Lipinski definition) is 1. The minimum atomic E-state index is -1.24. The molecule has 0 radical (unpaired) electrons. The number of rotatable bonds is 9. The minimum Gasteiger partial charge on any atom is -0.374 e. The Kier molecular flexibility index (Phi) is 6.89. The van der Waals surface area contributed by atoms with E-state index in [1.807, 2.05) is 74.5 Å². The van der Waals surface area contributed by atoms with E-state index in [-0.39, 0.29) is 25.6 Å². The van der Waals surface area contributed by atoms with Crippen molar-refractivity contribution in [3.8, 4) is 0 Å². The van der Waals surface area contributed by atoms with Gasteiger partial charge in [0.2, 0.25) is 11.7 Å². The number of nitrogens with one attached hydrogen (secondary N) is 1. The molecule has 1 N–H and O–H groups in total. The van der Waals surface area contributed by atoms with E-state index in [0.717, 1.165) is 11.1 Å². The molecular formula is C26H30N2O6S. The number of carbonyl (C=O) groups is 1. The lowest BCUT2D eigenvalue weighted by Crippen LogP contribution is -2.52. The van der Waals surface area contributed by atoms with Crippen LogP contribution in [-0.4, -0.2) is 65.5 Å². The average molecular weight is 499 g/mol. The monoisotopic (exact) mass is 498 g/mol. The van der Waals surface area contributed by atoms with Crippen LogP contribution in [0.5, 0.6) is 0 Å². The Hall–Kier alpha value is -2.40. The van der Waals surface area contributed by atoms with E-state index >= 15 is 0 Å². The fraction of sp³-hybridized carbons (Fsp3) is 0.462. The predicted molar refractivity (Wildman–Crippen MR) is 131 cm³/mol. The summed E-state index contributed by atoms with van der Waals surface area (Å²) in [5.74, 6) is -2.30. The van der Waals surface area contributed by atoms with E-state index in [9.17, 15) is 4.79 Å². The Bertz CT molecular complexity index is 1040. The molecule has 8 nitrogen and oxygen atoms in total. The number of fused-ring (bicyclic) bond motifs is 1. The van der Waals surface area contributed by atoms with Crippen LogP contribution in [0.3, 0.4) is 0 Å². The number of ether oxygens (including phenoxy) is 5. The van der Waals surface area contributed by atoms with E-state index in [1.165, 1.54) is 4.90 Å². The summed E-state index contributed by atoms with van der Waals surface area (Å²) in [6, 6.07) is 19.9. The molecule has 0 unspecified atom stereocenters. The smallest absolute Gasteiger partial charge is 0.248 e. The van der Waals surface area contributed by atoms with E-state index in [2.05, 4.69) is 5.32 Å². The van der Waals surface area contributed by atoms with Gasteiger partial charge in [-0.2, -0.15) is 0 Å². The second-order valence-corrected chi connectivity index (χ2v) is 9.80. The lowest BCUT2D eigenvalue weighted by molar-refractivity contribution is -0.270. The summed E-state index contributed by atoms with van der Waals surface area (Å²) in [7, 11) is 0. The molecule has 35 heavy (non-hydrogen) atoms. The van der Waals surface area contributed by atoms with Gasteiger partial charge in [-0.15, -0.1) is 0 Å². The molecule has 5 rings (SSSR count). The second kappa shape index (κ2) is 9.93. The number of amides is 1. The number of carbonyl (C=O) groups excluding carboxylic acids is 1. The van der Waals surface area contributed by atoms with Gasteiger partial charge in [-0.1, -0.05) is 60.7 Å². The molecule has 3 heterocycles. The van der Waals surface area contributed by atoms with Crippen molar-refractivity contribution in [3.63, 3.8) is 0 Å². The first-order chi connectivity index (χ1) is 16.9. The maximum absolute atomic E-state index is 12.5. The molecule has 2 aromatic rings. The highest BCUT2D eigenvalue weighted by molar-refractivity contribution is 7.80. The quantitative estimate of drug-likeness (QED) is 0.529. The zero-order valence-corrected chi connectivity index (χ0v) is 20.7. The Balaban J connectivity index is 1.37. The molecule has 0 aliphatic carbocycles. The topological polar surface area (TPSA) is 78.5 Å². The van der Waals surface area contributed by atoms with Crippen LogP contribution in [0, 0.1) is 0 Å². The maximum Gasteiger partial charge on any atom is 0.248 e. The van der Waals surface area contributed by atoms with E-state index in [4.69, 9.17) is 35.9 Å². The zero-order chi connectivity index (χ0) is 24.5.